The van der Waals surface area contributed by atoms with Crippen LogP contribution in [-0.4, -0.2) is 33.1 Å². The molecule has 0 radical (unpaired) electrons. The highest BCUT2D eigenvalue weighted by Crippen LogP contribution is 2.37. The summed E-state index contributed by atoms with van der Waals surface area (Å²) >= 11 is 5.66. The molecule has 4 rings (SSSR count). The number of pyridine rings is 1. The molecule has 0 amide bonds. The Morgan fingerprint density at radius 3 is 2.63 bits per heavy atom. The van der Waals surface area contributed by atoms with Crippen molar-refractivity contribution in [3.63, 3.8) is 0 Å². The maximum Gasteiger partial charge on any atom is 0.170 e. The Morgan fingerprint density at radius 2 is 1.89 bits per heavy atom. The van der Waals surface area contributed by atoms with Crippen LogP contribution in [0.5, 0.6) is 0 Å². The van der Waals surface area contributed by atoms with Gasteiger partial charge in [0.1, 0.15) is 0 Å². The predicted molar refractivity (Wildman–Crippen MR) is 113 cm³/mol. The molecule has 6 heteroatoms. The van der Waals surface area contributed by atoms with Crippen LogP contribution in [-0.2, 0) is 0 Å². The summed E-state index contributed by atoms with van der Waals surface area (Å²) in [5.41, 5.74) is 3.30. The van der Waals surface area contributed by atoms with Crippen LogP contribution >= 0.6 is 12.2 Å². The van der Waals surface area contributed by atoms with Crippen LogP contribution in [0.25, 0.3) is 0 Å². The van der Waals surface area contributed by atoms with Gasteiger partial charge in [-0.15, -0.1) is 0 Å². The number of hydrogen-bond donors (Lipinski definition) is 3. The van der Waals surface area contributed by atoms with Gasteiger partial charge in [0, 0.05) is 36.9 Å². The summed E-state index contributed by atoms with van der Waals surface area (Å²) in [5.74, 6) is 0. The second-order valence-electron chi connectivity index (χ2n) is 6.59. The van der Waals surface area contributed by atoms with Gasteiger partial charge in [-0.2, -0.15) is 0 Å². The van der Waals surface area contributed by atoms with E-state index in [1.807, 2.05) is 48.8 Å². The fourth-order valence-electron chi connectivity index (χ4n) is 3.55. The van der Waals surface area contributed by atoms with E-state index in [0.717, 1.165) is 41.7 Å². The standard InChI is InChI=1S/C21H23N5S/c27-21-25-19(17-10-4-5-12-23-17)20(18-11-6-13-24-18)26(21)15-7-14-22-16-8-2-1-3-9-16/h1-6,8-13,19-20,22,24H,7,14-15H2,(H,25,27)/t19-,20+/m1/s1. The fourth-order valence-corrected chi connectivity index (χ4v) is 3.88. The molecule has 1 aromatic carbocycles. The van der Waals surface area contributed by atoms with E-state index >= 15 is 0 Å². The van der Waals surface area contributed by atoms with Gasteiger partial charge in [0.15, 0.2) is 5.11 Å². The largest absolute Gasteiger partial charge is 0.385 e. The van der Waals surface area contributed by atoms with Gasteiger partial charge in [-0.25, -0.2) is 0 Å². The van der Waals surface area contributed by atoms with E-state index in [9.17, 15) is 0 Å². The Bertz CT molecular complexity index is 851. The van der Waals surface area contributed by atoms with Crippen molar-refractivity contribution < 1.29 is 0 Å². The first-order valence-corrected chi connectivity index (χ1v) is 9.64. The molecular weight excluding hydrogens is 354 g/mol. The van der Waals surface area contributed by atoms with Crippen molar-refractivity contribution in [2.24, 2.45) is 0 Å². The third kappa shape index (κ3) is 3.95. The predicted octanol–water partition coefficient (Wildman–Crippen LogP) is 3.88. The van der Waals surface area contributed by atoms with E-state index in [4.69, 9.17) is 12.2 Å². The van der Waals surface area contributed by atoms with Crippen molar-refractivity contribution in [3.8, 4) is 0 Å². The fraction of sp³-hybridized carbons (Fsp3) is 0.238. The number of anilines is 1. The van der Waals surface area contributed by atoms with Crippen molar-refractivity contribution in [1.29, 1.82) is 0 Å². The number of H-pyrrole nitrogens is 1. The molecule has 0 aliphatic carbocycles. The van der Waals surface area contributed by atoms with E-state index < -0.39 is 0 Å². The normalized spacial score (nSPS) is 19.1. The first-order valence-electron chi connectivity index (χ1n) is 9.23. The number of aromatic amines is 1. The van der Waals surface area contributed by atoms with Crippen LogP contribution < -0.4 is 10.6 Å². The summed E-state index contributed by atoms with van der Waals surface area (Å²) in [7, 11) is 0. The molecule has 0 bridgehead atoms. The van der Waals surface area contributed by atoms with E-state index in [2.05, 4.69) is 49.8 Å². The first kappa shape index (κ1) is 17.5. The van der Waals surface area contributed by atoms with Gasteiger partial charge in [-0.3, -0.25) is 4.98 Å². The molecule has 1 aliphatic heterocycles. The Labute approximate surface area is 164 Å². The summed E-state index contributed by atoms with van der Waals surface area (Å²) in [6, 6.07) is 20.6. The quantitative estimate of drug-likeness (QED) is 0.431. The zero-order valence-electron chi connectivity index (χ0n) is 15.0. The van der Waals surface area contributed by atoms with Crippen molar-refractivity contribution in [2.75, 3.05) is 18.4 Å². The van der Waals surface area contributed by atoms with E-state index in [0.29, 0.717) is 0 Å². The minimum absolute atomic E-state index is 0.0411. The van der Waals surface area contributed by atoms with Crippen molar-refractivity contribution >= 4 is 23.0 Å². The lowest BCUT2D eigenvalue weighted by Gasteiger charge is -2.27. The molecule has 2 atom stereocenters. The number of thiocarbonyl (C=S) groups is 1. The van der Waals surface area contributed by atoms with Gasteiger partial charge >= 0.3 is 0 Å². The van der Waals surface area contributed by atoms with Gasteiger partial charge in [-0.05, 0) is 55.0 Å². The van der Waals surface area contributed by atoms with Crippen molar-refractivity contribution in [1.82, 2.24) is 20.2 Å². The molecule has 3 aromatic rings. The number of benzene rings is 1. The number of rotatable bonds is 7. The van der Waals surface area contributed by atoms with Crippen LogP contribution in [0.2, 0.25) is 0 Å². The molecule has 138 valence electrons. The lowest BCUT2D eigenvalue weighted by molar-refractivity contribution is 0.311. The lowest BCUT2D eigenvalue weighted by Crippen LogP contribution is -2.31. The molecule has 3 N–H and O–H groups in total. The average molecular weight is 378 g/mol. The molecular formula is C21H23N5S. The highest BCUT2D eigenvalue weighted by Gasteiger charge is 2.39. The average Bonchev–Trinajstić information content (AvgIpc) is 3.35. The van der Waals surface area contributed by atoms with E-state index in [1.54, 1.807) is 0 Å². The number of aromatic nitrogens is 2. The Hall–Kier alpha value is -2.86. The lowest BCUT2D eigenvalue weighted by atomic mass is 10.0. The second-order valence-corrected chi connectivity index (χ2v) is 6.98. The highest BCUT2D eigenvalue weighted by atomic mass is 32.1. The number of hydrogen-bond acceptors (Lipinski definition) is 3. The highest BCUT2D eigenvalue weighted by molar-refractivity contribution is 7.80. The van der Waals surface area contributed by atoms with Crippen LogP contribution in [0.3, 0.4) is 0 Å². The summed E-state index contributed by atoms with van der Waals surface area (Å²) in [4.78, 5) is 10.2. The molecule has 3 heterocycles. The smallest absolute Gasteiger partial charge is 0.170 e. The Balaban J connectivity index is 1.46. The number of nitrogens with zero attached hydrogens (tertiary/aromatic N) is 2. The summed E-state index contributed by atoms with van der Waals surface area (Å²) in [5, 5.41) is 7.72. The molecule has 1 fully saturated rings. The third-order valence-corrected chi connectivity index (χ3v) is 5.17. The molecule has 1 saturated heterocycles. The molecule has 5 nitrogen and oxygen atoms in total. The van der Waals surface area contributed by atoms with Crippen LogP contribution in [0, 0.1) is 0 Å². The summed E-state index contributed by atoms with van der Waals surface area (Å²) in [6.07, 6.45) is 4.78. The van der Waals surface area contributed by atoms with Crippen molar-refractivity contribution in [2.45, 2.75) is 18.5 Å². The monoisotopic (exact) mass is 377 g/mol. The SMILES string of the molecule is S=C1N[C@H](c2ccccn2)[C@H](c2ccc[nH]2)N1CCCNc1ccccc1. The summed E-state index contributed by atoms with van der Waals surface area (Å²) in [6.45, 7) is 1.77. The van der Waals surface area contributed by atoms with Crippen LogP contribution in [0.1, 0.15) is 29.9 Å². The zero-order valence-corrected chi connectivity index (χ0v) is 15.8. The van der Waals surface area contributed by atoms with Crippen molar-refractivity contribution in [3.05, 3.63) is 84.4 Å². The minimum atomic E-state index is 0.0411. The van der Waals surface area contributed by atoms with Gasteiger partial charge < -0.3 is 20.5 Å². The van der Waals surface area contributed by atoms with E-state index in [-0.39, 0.29) is 12.1 Å². The topological polar surface area (TPSA) is 56.0 Å². The molecule has 0 saturated carbocycles. The zero-order chi connectivity index (χ0) is 18.5. The second kappa shape index (κ2) is 8.22. The van der Waals surface area contributed by atoms with Crippen LogP contribution in [0.15, 0.2) is 73.1 Å². The van der Waals surface area contributed by atoms with Gasteiger partial charge in [-0.1, -0.05) is 24.3 Å². The molecule has 27 heavy (non-hydrogen) atoms. The minimum Gasteiger partial charge on any atom is -0.385 e. The first-order chi connectivity index (χ1) is 13.3. The van der Waals surface area contributed by atoms with Gasteiger partial charge in [0.05, 0.1) is 17.8 Å². The maximum absolute atomic E-state index is 5.66. The maximum atomic E-state index is 5.66. The number of nitrogens with one attached hydrogen (secondary N) is 3. The van der Waals surface area contributed by atoms with E-state index in [1.165, 1.54) is 0 Å². The Morgan fingerprint density at radius 1 is 1.04 bits per heavy atom. The molecule has 2 aromatic heterocycles. The Kier molecular flexibility index (Phi) is 5.34. The molecule has 0 unspecified atom stereocenters. The van der Waals surface area contributed by atoms with Crippen LogP contribution in [0.4, 0.5) is 5.69 Å². The van der Waals surface area contributed by atoms with Gasteiger partial charge in [0.25, 0.3) is 0 Å². The third-order valence-electron chi connectivity index (χ3n) is 4.82. The van der Waals surface area contributed by atoms with Gasteiger partial charge in [0.2, 0.25) is 0 Å². The summed E-state index contributed by atoms with van der Waals surface area (Å²) < 4.78 is 0. The molecule has 1 aliphatic rings. The number of para-hydroxylation sites is 1. The molecule has 0 spiro atoms.